The van der Waals surface area contributed by atoms with Gasteiger partial charge in [-0.25, -0.2) is 9.59 Å². The second-order valence-corrected chi connectivity index (χ2v) is 15.6. The molecule has 7 aliphatic rings. The topological polar surface area (TPSA) is 101 Å². The number of nitrogens with zero attached hydrogens (tertiary/aromatic N) is 3. The maximum absolute atomic E-state index is 14.2. The van der Waals surface area contributed by atoms with E-state index in [2.05, 4.69) is 32.2 Å². The van der Waals surface area contributed by atoms with Gasteiger partial charge >= 0.3 is 19.2 Å². The summed E-state index contributed by atoms with van der Waals surface area (Å²) in [4.78, 5) is 46.2. The first kappa shape index (κ1) is 32.5. The number of carbonyl (C=O) groups excluding carboxylic acids is 3. The van der Waals surface area contributed by atoms with Crippen molar-refractivity contribution in [3.63, 3.8) is 0 Å². The van der Waals surface area contributed by atoms with Crippen LogP contribution >= 0.6 is 0 Å². The van der Waals surface area contributed by atoms with Crippen LogP contribution in [-0.4, -0.2) is 89.8 Å². The van der Waals surface area contributed by atoms with Crippen molar-refractivity contribution in [2.45, 2.75) is 121 Å². The van der Waals surface area contributed by atoms with Gasteiger partial charge in [-0.15, -0.1) is 0 Å². The van der Waals surface area contributed by atoms with Crippen molar-refractivity contribution in [3.05, 3.63) is 47.5 Å². The molecule has 2 saturated heterocycles. The second-order valence-electron chi connectivity index (χ2n) is 15.6. The predicted octanol–water partition coefficient (Wildman–Crippen LogP) is 5.30. The van der Waals surface area contributed by atoms with Crippen LogP contribution in [0.1, 0.15) is 89.7 Å². The highest BCUT2D eigenvalue weighted by Crippen LogP contribution is 2.65. The van der Waals surface area contributed by atoms with E-state index in [0.717, 1.165) is 62.5 Å². The fourth-order valence-corrected chi connectivity index (χ4v) is 9.28. The average Bonchev–Trinajstić information content (AvgIpc) is 3.76. The van der Waals surface area contributed by atoms with E-state index in [1.807, 2.05) is 30.3 Å². The summed E-state index contributed by atoms with van der Waals surface area (Å²) < 4.78 is 19.5. The van der Waals surface area contributed by atoms with Crippen LogP contribution < -0.4 is 5.32 Å². The zero-order valence-electron chi connectivity index (χ0n) is 28.5. The molecular weight excluding hydrogens is 595 g/mol. The van der Waals surface area contributed by atoms with Crippen molar-refractivity contribution < 1.29 is 28.4 Å². The highest BCUT2D eigenvalue weighted by Gasteiger charge is 2.68. The average molecular weight is 647 g/mol. The number of amides is 4. The maximum Gasteiger partial charge on any atom is 0.481 e. The molecule has 3 aliphatic carbocycles. The fraction of sp³-hybridized carbons (Fsp3) is 0.694. The first-order valence-electron chi connectivity index (χ1n) is 17.9. The number of rotatable bonds is 2. The minimum atomic E-state index is -0.774. The van der Waals surface area contributed by atoms with Crippen molar-refractivity contribution in [2.24, 2.45) is 17.3 Å². The second kappa shape index (κ2) is 12.8. The molecule has 0 aromatic heterocycles. The molecule has 1 N–H and O–H groups in total. The molecule has 3 saturated carbocycles. The summed E-state index contributed by atoms with van der Waals surface area (Å²) in [6, 6.07) is 6.97. The lowest BCUT2D eigenvalue weighted by molar-refractivity contribution is -0.199. The zero-order chi connectivity index (χ0) is 32.9. The number of nitrogens with one attached hydrogen (secondary N) is 1. The monoisotopic (exact) mass is 646 g/mol. The summed E-state index contributed by atoms with van der Waals surface area (Å²) in [6.07, 6.45) is 11.5. The first-order chi connectivity index (χ1) is 22.5. The Kier molecular flexibility index (Phi) is 8.83. The molecule has 0 spiro atoms. The quantitative estimate of drug-likeness (QED) is 0.346. The molecule has 2 unspecified atom stereocenters. The summed E-state index contributed by atoms with van der Waals surface area (Å²) in [5.74, 6) is 0.481. The molecule has 47 heavy (non-hydrogen) atoms. The lowest BCUT2D eigenvalue weighted by Crippen LogP contribution is -2.65. The van der Waals surface area contributed by atoms with E-state index in [0.29, 0.717) is 31.5 Å². The van der Waals surface area contributed by atoms with Crippen molar-refractivity contribution in [3.8, 4) is 0 Å². The molecule has 254 valence electrons. The van der Waals surface area contributed by atoms with E-state index < -0.39 is 25.4 Å². The van der Waals surface area contributed by atoms with Gasteiger partial charge in [0.25, 0.3) is 0 Å². The van der Waals surface area contributed by atoms with Gasteiger partial charge in [-0.05, 0) is 67.4 Å². The highest BCUT2D eigenvalue weighted by atomic mass is 16.7. The summed E-state index contributed by atoms with van der Waals surface area (Å²) >= 11 is 0. The van der Waals surface area contributed by atoms with Crippen LogP contribution in [0.25, 0.3) is 0 Å². The smallest absolute Gasteiger partial charge is 0.444 e. The molecule has 2 bridgehead atoms. The number of ether oxygens (including phenoxy) is 1. The molecule has 5 fully saturated rings. The van der Waals surface area contributed by atoms with Crippen LogP contribution in [0.3, 0.4) is 0 Å². The Labute approximate surface area is 279 Å². The third-order valence-corrected chi connectivity index (χ3v) is 12.3. The standard InChI is InChI=1S/C36H51BN4O6/c1-35(2)26-18-29(35)36(3)30(19-26)46-37(47-36)31-16-10-8-6-5-7-9-13-17-39(4)33(43)41-23-27(20-28(41)32(42)38-31)45-34(44)40-21-24-14-11-12-15-25(24)22-40/h9,11-15,26-31H,5-8,10,16-23H2,1-4H3,(H,38,42)/b13-9+/t26-,27-,28?,29-,30?,31+,36-/m1/s1. The van der Waals surface area contributed by atoms with Gasteiger partial charge in [0, 0.05) is 33.1 Å². The Morgan fingerprint density at radius 3 is 2.49 bits per heavy atom. The highest BCUT2D eigenvalue weighted by molar-refractivity contribution is 6.47. The number of urea groups is 1. The van der Waals surface area contributed by atoms with Crippen LogP contribution in [0.15, 0.2) is 36.4 Å². The molecule has 10 nitrogen and oxygen atoms in total. The molecule has 4 heterocycles. The van der Waals surface area contributed by atoms with E-state index in [1.54, 1.807) is 21.7 Å². The lowest BCUT2D eigenvalue weighted by Gasteiger charge is -2.64. The largest absolute Gasteiger partial charge is 0.481 e. The first-order valence-corrected chi connectivity index (χ1v) is 17.9. The SMILES string of the molecule is CN1C/C=C/CCCCCC[C@@H](B2OC3C[C@H]4C[C@H](C4(C)C)[C@@]3(C)O2)NC(=O)C2C[C@@H](OC(=O)N3Cc4ccccc4C3)CN2C1=O. The van der Waals surface area contributed by atoms with Gasteiger partial charge in [-0.1, -0.05) is 69.5 Å². The van der Waals surface area contributed by atoms with Gasteiger partial charge in [0.05, 0.1) is 24.2 Å². The third-order valence-electron chi connectivity index (χ3n) is 12.3. The van der Waals surface area contributed by atoms with Gasteiger partial charge in [-0.3, -0.25) is 9.69 Å². The molecule has 1 aromatic rings. The van der Waals surface area contributed by atoms with E-state index in [9.17, 15) is 14.4 Å². The molecule has 11 heteroatoms. The molecule has 4 amide bonds. The van der Waals surface area contributed by atoms with E-state index >= 15 is 0 Å². The number of likely N-dealkylation sites (N-methyl/N-ethyl adjacent to an activating group) is 1. The zero-order valence-corrected chi connectivity index (χ0v) is 28.5. The van der Waals surface area contributed by atoms with Crippen LogP contribution in [0, 0.1) is 17.3 Å². The molecule has 7 atom stereocenters. The Bertz CT molecular complexity index is 1380. The minimum absolute atomic E-state index is 0.0204. The Hall–Kier alpha value is -3.05. The third kappa shape index (κ3) is 6.07. The molecule has 4 aliphatic heterocycles. The van der Waals surface area contributed by atoms with Crippen LogP contribution in [0.2, 0.25) is 0 Å². The van der Waals surface area contributed by atoms with Gasteiger partial charge in [0.15, 0.2) is 0 Å². The number of benzene rings is 1. The molecule has 1 aromatic carbocycles. The van der Waals surface area contributed by atoms with Gasteiger partial charge in [0.2, 0.25) is 5.91 Å². The van der Waals surface area contributed by atoms with Crippen molar-refractivity contribution in [2.75, 3.05) is 20.1 Å². The van der Waals surface area contributed by atoms with Crippen molar-refractivity contribution in [1.82, 2.24) is 20.0 Å². The fourth-order valence-electron chi connectivity index (χ4n) is 9.28. The van der Waals surface area contributed by atoms with E-state index in [4.69, 9.17) is 14.0 Å². The normalized spacial score (nSPS) is 36.3. The number of allylic oxidation sites excluding steroid dienone is 1. The molecule has 0 radical (unpaired) electrons. The van der Waals surface area contributed by atoms with Crippen molar-refractivity contribution >= 4 is 25.1 Å². The number of hydrogen-bond acceptors (Lipinski definition) is 6. The maximum atomic E-state index is 14.2. The van der Waals surface area contributed by atoms with Gasteiger partial charge in [0.1, 0.15) is 12.1 Å². The van der Waals surface area contributed by atoms with Crippen molar-refractivity contribution in [1.29, 1.82) is 0 Å². The molecule has 8 rings (SSSR count). The Morgan fingerprint density at radius 2 is 1.74 bits per heavy atom. The van der Waals surface area contributed by atoms with Crippen LogP contribution in [0.5, 0.6) is 0 Å². The Balaban J connectivity index is 1.08. The number of hydrogen-bond donors (Lipinski definition) is 1. The van der Waals surface area contributed by atoms with Crippen LogP contribution in [-0.2, 0) is 31.9 Å². The van der Waals surface area contributed by atoms with Gasteiger partial charge in [-0.2, -0.15) is 0 Å². The van der Waals surface area contributed by atoms with Crippen LogP contribution in [0.4, 0.5) is 9.59 Å². The summed E-state index contributed by atoms with van der Waals surface area (Å²) in [7, 11) is 1.22. The van der Waals surface area contributed by atoms with Gasteiger partial charge < -0.3 is 29.2 Å². The number of fused-ring (bicyclic) bond motifs is 2. The number of carbonyl (C=O) groups is 3. The predicted molar refractivity (Wildman–Crippen MR) is 178 cm³/mol. The minimum Gasteiger partial charge on any atom is -0.444 e. The lowest BCUT2D eigenvalue weighted by atomic mass is 9.43. The van der Waals surface area contributed by atoms with E-state index in [-0.39, 0.29) is 48.0 Å². The summed E-state index contributed by atoms with van der Waals surface area (Å²) in [5.41, 5.74) is 2.07. The Morgan fingerprint density at radius 1 is 1.00 bits per heavy atom. The summed E-state index contributed by atoms with van der Waals surface area (Å²) in [6.45, 7) is 8.50. The molecular formula is C36H51BN4O6. The summed E-state index contributed by atoms with van der Waals surface area (Å²) in [5, 5.41) is 3.30. The van der Waals surface area contributed by atoms with E-state index in [1.165, 1.54) is 0 Å².